The predicted molar refractivity (Wildman–Crippen MR) is 123 cm³/mol. The fraction of sp³-hybridized carbons (Fsp3) is 0.440. The maximum absolute atomic E-state index is 13.9. The highest BCUT2D eigenvalue weighted by molar-refractivity contribution is 6.05. The van der Waals surface area contributed by atoms with E-state index in [0.29, 0.717) is 30.2 Å². The highest BCUT2D eigenvalue weighted by Gasteiger charge is 2.36. The van der Waals surface area contributed by atoms with Gasteiger partial charge in [0.05, 0.1) is 10.9 Å². The largest absolute Gasteiger partial charge is 0.331 e. The summed E-state index contributed by atoms with van der Waals surface area (Å²) in [5.74, 6) is 0.136. The Balaban J connectivity index is 1.65. The molecule has 2 saturated carbocycles. The number of aromatic nitrogens is 3. The van der Waals surface area contributed by atoms with Crippen molar-refractivity contribution >= 4 is 16.9 Å². The van der Waals surface area contributed by atoms with Crippen molar-refractivity contribution in [2.75, 3.05) is 0 Å². The van der Waals surface area contributed by atoms with Gasteiger partial charge in [0.25, 0.3) is 11.5 Å². The van der Waals surface area contributed by atoms with Gasteiger partial charge in [0.1, 0.15) is 0 Å². The van der Waals surface area contributed by atoms with Crippen molar-refractivity contribution in [3.8, 4) is 0 Å². The second kappa shape index (κ2) is 8.04. The molecule has 1 aromatic carbocycles. The number of fused-ring (bicyclic) bond motifs is 1. The van der Waals surface area contributed by atoms with Crippen LogP contribution in [-0.2, 0) is 13.1 Å². The van der Waals surface area contributed by atoms with E-state index in [0.717, 1.165) is 43.4 Å². The van der Waals surface area contributed by atoms with Crippen molar-refractivity contribution in [3.05, 3.63) is 73.6 Å². The first-order valence-electron chi connectivity index (χ1n) is 11.5. The van der Waals surface area contributed by atoms with Gasteiger partial charge in [0.2, 0.25) is 0 Å². The third kappa shape index (κ3) is 3.87. The van der Waals surface area contributed by atoms with Crippen molar-refractivity contribution in [1.82, 2.24) is 19.4 Å². The minimum Gasteiger partial charge on any atom is -0.331 e. The first-order valence-corrected chi connectivity index (χ1v) is 11.5. The van der Waals surface area contributed by atoms with Crippen molar-refractivity contribution in [1.29, 1.82) is 0 Å². The summed E-state index contributed by atoms with van der Waals surface area (Å²) in [6, 6.07) is 10.2. The second-order valence-electron chi connectivity index (χ2n) is 9.13. The zero-order valence-corrected chi connectivity index (χ0v) is 18.6. The normalized spacial score (nSPS) is 15.8. The SMILES string of the molecule is CCCn1c(=O)[nH]c(=O)c2c(C(=O)N(Cc3ccc(C)cc3)C3CC3)cc(C3CC3)nc21. The average Bonchev–Trinajstić information content (AvgIpc) is 3.68. The van der Waals surface area contributed by atoms with Crippen LogP contribution in [0, 0.1) is 6.92 Å². The van der Waals surface area contributed by atoms with Crippen LogP contribution in [0.3, 0.4) is 0 Å². The van der Waals surface area contributed by atoms with Gasteiger partial charge in [0.15, 0.2) is 5.65 Å². The molecule has 166 valence electrons. The molecule has 2 aromatic heterocycles. The van der Waals surface area contributed by atoms with Crippen LogP contribution in [0.15, 0.2) is 39.9 Å². The number of hydrogen-bond acceptors (Lipinski definition) is 4. The van der Waals surface area contributed by atoms with Crippen LogP contribution >= 0.6 is 0 Å². The molecule has 2 aliphatic carbocycles. The third-order valence-electron chi connectivity index (χ3n) is 6.36. The molecule has 5 rings (SSSR count). The molecule has 0 bridgehead atoms. The summed E-state index contributed by atoms with van der Waals surface area (Å²) < 4.78 is 1.50. The van der Waals surface area contributed by atoms with Crippen LogP contribution in [0.4, 0.5) is 0 Å². The van der Waals surface area contributed by atoms with Crippen molar-refractivity contribution < 1.29 is 4.79 Å². The summed E-state index contributed by atoms with van der Waals surface area (Å²) in [5, 5.41) is 0.224. The molecule has 1 N–H and O–H groups in total. The van der Waals surface area contributed by atoms with E-state index in [4.69, 9.17) is 4.98 Å². The summed E-state index contributed by atoms with van der Waals surface area (Å²) in [5.41, 5.74) is 2.73. The third-order valence-corrected chi connectivity index (χ3v) is 6.36. The van der Waals surface area contributed by atoms with Gasteiger partial charge in [-0.3, -0.25) is 19.1 Å². The molecule has 7 heteroatoms. The summed E-state index contributed by atoms with van der Waals surface area (Å²) in [6.07, 6.45) is 4.69. The van der Waals surface area contributed by atoms with Gasteiger partial charge in [-0.2, -0.15) is 0 Å². The first kappa shape index (κ1) is 20.7. The lowest BCUT2D eigenvalue weighted by atomic mass is 10.1. The summed E-state index contributed by atoms with van der Waals surface area (Å²) >= 11 is 0. The molecule has 0 aliphatic heterocycles. The molecule has 0 spiro atoms. The van der Waals surface area contributed by atoms with E-state index in [9.17, 15) is 14.4 Å². The van der Waals surface area contributed by atoms with Crippen LogP contribution in [-0.4, -0.2) is 31.4 Å². The summed E-state index contributed by atoms with van der Waals surface area (Å²) in [6.45, 7) is 4.95. The van der Waals surface area contributed by atoms with Crippen molar-refractivity contribution in [3.63, 3.8) is 0 Å². The number of amides is 1. The summed E-state index contributed by atoms with van der Waals surface area (Å²) in [4.78, 5) is 48.3. The Morgan fingerprint density at radius 2 is 1.88 bits per heavy atom. The number of rotatable bonds is 7. The molecule has 7 nitrogen and oxygen atoms in total. The molecule has 3 aromatic rings. The minimum absolute atomic E-state index is 0.158. The maximum atomic E-state index is 13.9. The van der Waals surface area contributed by atoms with E-state index in [1.54, 1.807) is 6.07 Å². The van der Waals surface area contributed by atoms with E-state index < -0.39 is 11.2 Å². The lowest BCUT2D eigenvalue weighted by molar-refractivity contribution is 0.0731. The van der Waals surface area contributed by atoms with Crippen molar-refractivity contribution in [2.24, 2.45) is 0 Å². The van der Waals surface area contributed by atoms with Gasteiger partial charge in [-0.1, -0.05) is 36.8 Å². The van der Waals surface area contributed by atoms with Crippen LogP contribution in [0.2, 0.25) is 0 Å². The standard InChI is InChI=1S/C25H28N4O3/c1-3-12-28-22-21(23(30)27-25(28)32)19(13-20(26-22)17-8-9-17)24(31)29(18-10-11-18)14-16-6-4-15(2)5-7-16/h4-7,13,17-18H,3,8-12,14H2,1-2H3,(H,27,30,32). The molecule has 2 fully saturated rings. The lowest BCUT2D eigenvalue weighted by Gasteiger charge is -2.24. The molecular weight excluding hydrogens is 404 g/mol. The summed E-state index contributed by atoms with van der Waals surface area (Å²) in [7, 11) is 0. The van der Waals surface area contributed by atoms with Gasteiger partial charge in [0, 0.05) is 30.7 Å². The monoisotopic (exact) mass is 432 g/mol. The van der Waals surface area contributed by atoms with Gasteiger partial charge >= 0.3 is 5.69 Å². The van der Waals surface area contributed by atoms with Gasteiger partial charge < -0.3 is 4.90 Å². The number of nitrogens with zero attached hydrogens (tertiary/aromatic N) is 3. The molecule has 0 unspecified atom stereocenters. The minimum atomic E-state index is -0.540. The van der Waals surface area contributed by atoms with Crippen LogP contribution < -0.4 is 11.2 Å². The number of hydrogen-bond donors (Lipinski definition) is 1. The topological polar surface area (TPSA) is 88.1 Å². The Hall–Kier alpha value is -3.22. The van der Waals surface area contributed by atoms with Crippen LogP contribution in [0.1, 0.15) is 72.1 Å². The van der Waals surface area contributed by atoms with Gasteiger partial charge in [-0.15, -0.1) is 0 Å². The molecular formula is C25H28N4O3. The van der Waals surface area contributed by atoms with Crippen molar-refractivity contribution in [2.45, 2.75) is 71.0 Å². The predicted octanol–water partition coefficient (Wildman–Crippen LogP) is 3.49. The average molecular weight is 433 g/mol. The molecule has 32 heavy (non-hydrogen) atoms. The van der Waals surface area contributed by atoms with E-state index >= 15 is 0 Å². The smallest absolute Gasteiger partial charge is 0.329 e. The van der Waals surface area contributed by atoms with Crippen LogP contribution in [0.25, 0.3) is 11.0 Å². The second-order valence-corrected chi connectivity index (χ2v) is 9.13. The fourth-order valence-electron chi connectivity index (χ4n) is 4.28. The van der Waals surface area contributed by atoms with Crippen LogP contribution in [0.5, 0.6) is 0 Å². The van der Waals surface area contributed by atoms with Gasteiger partial charge in [-0.05, 0) is 50.7 Å². The first-order chi connectivity index (χ1) is 15.5. The van der Waals surface area contributed by atoms with Gasteiger partial charge in [-0.25, -0.2) is 9.78 Å². The number of carbonyl (C=O) groups is 1. The van der Waals surface area contributed by atoms with E-state index in [-0.39, 0.29) is 17.3 Å². The Labute approximate surface area is 186 Å². The number of benzene rings is 1. The van der Waals surface area contributed by atoms with E-state index in [1.165, 1.54) is 10.1 Å². The number of aryl methyl sites for hydroxylation is 2. The number of carbonyl (C=O) groups excluding carboxylic acids is 1. The number of pyridine rings is 1. The Bertz CT molecular complexity index is 1300. The number of H-pyrrole nitrogens is 1. The molecule has 2 heterocycles. The molecule has 0 atom stereocenters. The molecule has 1 amide bonds. The Kier molecular flexibility index (Phi) is 5.19. The maximum Gasteiger partial charge on any atom is 0.329 e. The zero-order valence-electron chi connectivity index (χ0n) is 18.6. The lowest BCUT2D eigenvalue weighted by Crippen LogP contribution is -2.36. The number of nitrogens with one attached hydrogen (secondary N) is 1. The molecule has 0 saturated heterocycles. The molecule has 2 aliphatic rings. The zero-order chi connectivity index (χ0) is 22.4. The fourth-order valence-corrected chi connectivity index (χ4v) is 4.28. The Morgan fingerprint density at radius 1 is 1.16 bits per heavy atom. The number of aromatic amines is 1. The quantitative estimate of drug-likeness (QED) is 0.619. The van der Waals surface area contributed by atoms with E-state index in [1.807, 2.05) is 43.0 Å². The highest BCUT2D eigenvalue weighted by atomic mass is 16.2. The Morgan fingerprint density at radius 3 is 2.50 bits per heavy atom. The highest BCUT2D eigenvalue weighted by Crippen LogP contribution is 2.40. The van der Waals surface area contributed by atoms with E-state index in [2.05, 4.69) is 4.98 Å². The molecule has 0 radical (unpaired) electrons.